The van der Waals surface area contributed by atoms with E-state index in [-0.39, 0.29) is 5.78 Å². The van der Waals surface area contributed by atoms with Gasteiger partial charge in [-0.15, -0.1) is 0 Å². The normalized spacial score (nSPS) is 11.2. The van der Waals surface area contributed by atoms with Crippen LogP contribution >= 0.6 is 11.6 Å². The van der Waals surface area contributed by atoms with E-state index in [1.807, 2.05) is 24.3 Å². The fourth-order valence-corrected chi connectivity index (χ4v) is 2.53. The van der Waals surface area contributed by atoms with Crippen LogP contribution in [-0.2, 0) is 0 Å². The van der Waals surface area contributed by atoms with Crippen molar-refractivity contribution in [1.29, 1.82) is 5.26 Å². The molecule has 3 nitrogen and oxygen atoms in total. The number of benzene rings is 2. The Bertz CT molecular complexity index is 974. The third kappa shape index (κ3) is 3.88. The van der Waals surface area contributed by atoms with Crippen molar-refractivity contribution in [3.63, 3.8) is 0 Å². The summed E-state index contributed by atoms with van der Waals surface area (Å²) in [6.45, 7) is 1.53. The van der Waals surface area contributed by atoms with Gasteiger partial charge in [0.1, 0.15) is 11.5 Å². The van der Waals surface area contributed by atoms with E-state index in [2.05, 4.69) is 6.07 Å². The Hall–Kier alpha value is -3.09. The Balaban J connectivity index is 1.88. The second-order valence-electron chi connectivity index (χ2n) is 5.51. The average molecular weight is 348 g/mol. The van der Waals surface area contributed by atoms with Crippen molar-refractivity contribution in [3.05, 3.63) is 82.6 Å². The fraction of sp³-hybridized carbons (Fsp3) is 0.0476. The Morgan fingerprint density at radius 3 is 2.24 bits per heavy atom. The van der Waals surface area contributed by atoms with E-state index < -0.39 is 0 Å². The highest BCUT2D eigenvalue weighted by Gasteiger charge is 2.07. The van der Waals surface area contributed by atoms with Crippen molar-refractivity contribution in [1.82, 2.24) is 0 Å². The molecule has 122 valence electrons. The average Bonchev–Trinajstić information content (AvgIpc) is 3.09. The number of nitriles is 1. The molecule has 0 atom stereocenters. The number of rotatable bonds is 4. The lowest BCUT2D eigenvalue weighted by Crippen LogP contribution is -1.90. The van der Waals surface area contributed by atoms with Crippen LogP contribution in [0.15, 0.2) is 65.1 Å². The van der Waals surface area contributed by atoms with E-state index in [1.165, 1.54) is 6.92 Å². The van der Waals surface area contributed by atoms with Crippen molar-refractivity contribution in [2.45, 2.75) is 6.92 Å². The molecule has 0 aliphatic carbocycles. The van der Waals surface area contributed by atoms with Crippen molar-refractivity contribution < 1.29 is 9.21 Å². The lowest BCUT2D eigenvalue weighted by molar-refractivity contribution is 0.101. The molecule has 0 radical (unpaired) electrons. The van der Waals surface area contributed by atoms with Gasteiger partial charge in [-0.1, -0.05) is 48.0 Å². The maximum atomic E-state index is 11.3. The number of hydrogen-bond donors (Lipinski definition) is 0. The summed E-state index contributed by atoms with van der Waals surface area (Å²) in [7, 11) is 0. The molecule has 2 aromatic carbocycles. The van der Waals surface area contributed by atoms with Gasteiger partial charge < -0.3 is 4.42 Å². The van der Waals surface area contributed by atoms with Crippen LogP contribution in [0.2, 0.25) is 5.02 Å². The molecule has 0 unspecified atom stereocenters. The van der Waals surface area contributed by atoms with Gasteiger partial charge in [0.05, 0.1) is 11.6 Å². The molecule has 0 aliphatic heterocycles. The molecule has 1 aromatic heterocycles. The third-order valence-electron chi connectivity index (χ3n) is 3.77. The minimum absolute atomic E-state index is 0.0243. The van der Waals surface area contributed by atoms with Crippen molar-refractivity contribution in [2.24, 2.45) is 0 Å². The van der Waals surface area contributed by atoms with Crippen molar-refractivity contribution in [3.8, 4) is 17.4 Å². The van der Waals surface area contributed by atoms with E-state index in [0.29, 0.717) is 27.7 Å². The van der Waals surface area contributed by atoms with E-state index in [4.69, 9.17) is 16.0 Å². The van der Waals surface area contributed by atoms with E-state index in [9.17, 15) is 10.1 Å². The van der Waals surface area contributed by atoms with Gasteiger partial charge in [-0.2, -0.15) is 5.26 Å². The van der Waals surface area contributed by atoms with Crippen LogP contribution in [0.4, 0.5) is 0 Å². The number of furan rings is 1. The Morgan fingerprint density at radius 1 is 1.00 bits per heavy atom. The number of nitrogens with zero attached hydrogens (tertiary/aromatic N) is 1. The molecule has 0 saturated carbocycles. The minimum atomic E-state index is 0.0243. The second-order valence-corrected chi connectivity index (χ2v) is 5.95. The number of ketones is 1. The molecule has 0 fully saturated rings. The minimum Gasteiger partial charge on any atom is -0.457 e. The van der Waals surface area contributed by atoms with Crippen molar-refractivity contribution in [2.75, 3.05) is 0 Å². The molecular weight excluding hydrogens is 334 g/mol. The predicted molar refractivity (Wildman–Crippen MR) is 99.1 cm³/mol. The Morgan fingerprint density at radius 2 is 1.64 bits per heavy atom. The molecule has 0 spiro atoms. The monoisotopic (exact) mass is 347 g/mol. The highest BCUT2D eigenvalue weighted by atomic mass is 35.5. The number of allylic oxidation sites excluding steroid dienone is 1. The Labute approximate surface area is 150 Å². The summed E-state index contributed by atoms with van der Waals surface area (Å²) in [4.78, 5) is 11.3. The van der Waals surface area contributed by atoms with Gasteiger partial charge in [0.25, 0.3) is 0 Å². The Kier molecular flexibility index (Phi) is 4.83. The van der Waals surface area contributed by atoms with Crippen LogP contribution in [0.5, 0.6) is 0 Å². The van der Waals surface area contributed by atoms with Crippen LogP contribution in [-0.4, -0.2) is 5.78 Å². The number of Topliss-reactive ketones (excluding diaryl/α,β-unsaturated/α-hetero) is 1. The van der Waals surface area contributed by atoms with E-state index in [0.717, 1.165) is 11.1 Å². The standard InChI is InChI=1S/C21H14ClNO2/c1-14(24)15-2-4-17(5-3-15)21-11-10-20(25-21)12-18(13-23)16-6-8-19(22)9-7-16/h2-12H,1H3/b18-12+. The summed E-state index contributed by atoms with van der Waals surface area (Å²) in [5, 5.41) is 10.0. The van der Waals surface area contributed by atoms with E-state index in [1.54, 1.807) is 42.5 Å². The smallest absolute Gasteiger partial charge is 0.159 e. The van der Waals surface area contributed by atoms with Crippen LogP contribution in [0.1, 0.15) is 28.6 Å². The molecule has 0 bridgehead atoms. The lowest BCUT2D eigenvalue weighted by atomic mass is 10.1. The molecule has 0 aliphatic rings. The highest BCUT2D eigenvalue weighted by molar-refractivity contribution is 6.30. The van der Waals surface area contributed by atoms with Gasteiger partial charge in [-0.25, -0.2) is 0 Å². The van der Waals surface area contributed by atoms with Gasteiger partial charge in [-0.05, 0) is 42.8 Å². The first-order valence-corrected chi connectivity index (χ1v) is 8.03. The first-order valence-electron chi connectivity index (χ1n) is 7.66. The summed E-state index contributed by atoms with van der Waals surface area (Å²) < 4.78 is 5.81. The summed E-state index contributed by atoms with van der Waals surface area (Å²) >= 11 is 5.88. The summed E-state index contributed by atoms with van der Waals surface area (Å²) in [6.07, 6.45) is 1.69. The SMILES string of the molecule is CC(=O)c1ccc(-c2ccc(/C=C(\C#N)c3ccc(Cl)cc3)o2)cc1. The zero-order valence-corrected chi connectivity index (χ0v) is 14.2. The maximum absolute atomic E-state index is 11.3. The van der Waals surface area contributed by atoms with Crippen LogP contribution in [0.25, 0.3) is 23.0 Å². The molecule has 0 saturated heterocycles. The molecule has 0 amide bonds. The summed E-state index contributed by atoms with van der Waals surface area (Å²) in [6, 6.07) is 20.1. The molecule has 1 heterocycles. The number of carbonyl (C=O) groups is 1. The van der Waals surface area contributed by atoms with Crippen molar-refractivity contribution >= 4 is 29.0 Å². The first-order chi connectivity index (χ1) is 12.1. The third-order valence-corrected chi connectivity index (χ3v) is 4.02. The van der Waals surface area contributed by atoms with Crippen LogP contribution in [0.3, 0.4) is 0 Å². The molecule has 25 heavy (non-hydrogen) atoms. The van der Waals surface area contributed by atoms with Crippen LogP contribution < -0.4 is 0 Å². The first kappa shape index (κ1) is 16.8. The largest absolute Gasteiger partial charge is 0.457 e. The van der Waals surface area contributed by atoms with Gasteiger partial charge in [0, 0.05) is 16.1 Å². The molecule has 4 heteroatoms. The molecule has 3 aromatic rings. The number of carbonyl (C=O) groups excluding carboxylic acids is 1. The van der Waals surface area contributed by atoms with Crippen LogP contribution in [0, 0.1) is 11.3 Å². The zero-order valence-electron chi connectivity index (χ0n) is 13.5. The topological polar surface area (TPSA) is 54.0 Å². The van der Waals surface area contributed by atoms with Gasteiger partial charge >= 0.3 is 0 Å². The quantitative estimate of drug-likeness (QED) is 0.438. The molecule has 3 rings (SSSR count). The number of halogens is 1. The summed E-state index contributed by atoms with van der Waals surface area (Å²) in [5.74, 6) is 1.28. The zero-order chi connectivity index (χ0) is 17.8. The predicted octanol–water partition coefficient (Wildman–Crippen LogP) is 5.87. The molecule has 0 N–H and O–H groups in total. The van der Waals surface area contributed by atoms with Gasteiger partial charge in [-0.3, -0.25) is 4.79 Å². The number of hydrogen-bond acceptors (Lipinski definition) is 3. The van der Waals surface area contributed by atoms with Gasteiger partial charge in [0.15, 0.2) is 5.78 Å². The molecular formula is C21H14ClNO2. The lowest BCUT2D eigenvalue weighted by Gasteiger charge is -2.00. The highest BCUT2D eigenvalue weighted by Crippen LogP contribution is 2.26. The van der Waals surface area contributed by atoms with Gasteiger partial charge in [0.2, 0.25) is 0 Å². The summed E-state index contributed by atoms with van der Waals surface area (Å²) in [5.41, 5.74) is 2.79. The second kappa shape index (κ2) is 7.21. The van der Waals surface area contributed by atoms with E-state index >= 15 is 0 Å². The maximum Gasteiger partial charge on any atom is 0.159 e. The fourth-order valence-electron chi connectivity index (χ4n) is 2.41.